The van der Waals surface area contributed by atoms with Crippen LogP contribution in [0.15, 0.2) is 30.3 Å². The molecule has 0 aromatic heterocycles. The summed E-state index contributed by atoms with van der Waals surface area (Å²) in [5.41, 5.74) is 1.04. The molecule has 1 unspecified atom stereocenters. The largest absolute Gasteiger partial charge is 0.342 e. The molecule has 0 saturated carbocycles. The lowest BCUT2D eigenvalue weighted by atomic mass is 9.93. The van der Waals surface area contributed by atoms with E-state index in [1.807, 2.05) is 35.2 Å². The number of nitrogens with zero attached hydrogens (tertiary/aromatic N) is 2. The van der Waals surface area contributed by atoms with Crippen LogP contribution in [0, 0.1) is 11.8 Å². The summed E-state index contributed by atoms with van der Waals surface area (Å²) in [5.74, 6) is 0.934. The van der Waals surface area contributed by atoms with Crippen LogP contribution < -0.4 is 0 Å². The summed E-state index contributed by atoms with van der Waals surface area (Å²) in [6.07, 6.45) is 4.11. The molecule has 144 valence electrons. The van der Waals surface area contributed by atoms with Crippen molar-refractivity contribution in [1.82, 2.24) is 9.21 Å². The fourth-order valence-electron chi connectivity index (χ4n) is 4.05. The molecule has 2 heterocycles. The van der Waals surface area contributed by atoms with Crippen LogP contribution in [0.2, 0.25) is 0 Å². The van der Waals surface area contributed by atoms with E-state index in [1.165, 1.54) is 6.42 Å². The predicted molar refractivity (Wildman–Crippen MR) is 103 cm³/mol. The summed E-state index contributed by atoms with van der Waals surface area (Å²) in [6.45, 7) is 4.85. The van der Waals surface area contributed by atoms with Crippen molar-refractivity contribution in [2.24, 2.45) is 11.8 Å². The zero-order valence-electron chi connectivity index (χ0n) is 15.6. The van der Waals surface area contributed by atoms with E-state index in [1.54, 1.807) is 4.31 Å². The van der Waals surface area contributed by atoms with Gasteiger partial charge < -0.3 is 4.90 Å². The molecule has 1 atom stereocenters. The summed E-state index contributed by atoms with van der Waals surface area (Å²) in [5, 5.41) is 0. The normalized spacial score (nSPS) is 23.1. The highest BCUT2D eigenvalue weighted by molar-refractivity contribution is 7.89. The van der Waals surface area contributed by atoms with E-state index in [4.69, 9.17) is 0 Å². The van der Waals surface area contributed by atoms with Gasteiger partial charge in [0, 0.05) is 32.1 Å². The zero-order chi connectivity index (χ0) is 18.6. The van der Waals surface area contributed by atoms with E-state index in [9.17, 15) is 13.2 Å². The molecule has 0 N–H and O–H groups in total. The number of hydrogen-bond acceptors (Lipinski definition) is 3. The van der Waals surface area contributed by atoms with Gasteiger partial charge in [-0.05, 0) is 43.6 Å². The van der Waals surface area contributed by atoms with Crippen molar-refractivity contribution in [2.45, 2.75) is 39.0 Å². The maximum atomic E-state index is 12.7. The average Bonchev–Trinajstić information content (AvgIpc) is 2.67. The molecule has 0 aliphatic carbocycles. The molecule has 2 fully saturated rings. The summed E-state index contributed by atoms with van der Waals surface area (Å²) >= 11 is 0. The number of carbonyl (C=O) groups is 1. The van der Waals surface area contributed by atoms with Crippen LogP contribution in [0.3, 0.4) is 0 Å². The number of hydrogen-bond donors (Lipinski definition) is 0. The molecular formula is C20H30N2O3S. The van der Waals surface area contributed by atoms with Crippen molar-refractivity contribution in [3.05, 3.63) is 35.9 Å². The molecule has 0 spiro atoms. The lowest BCUT2D eigenvalue weighted by Gasteiger charge is -2.36. The first-order valence-corrected chi connectivity index (χ1v) is 11.4. The molecule has 1 aromatic carbocycles. The molecule has 26 heavy (non-hydrogen) atoms. The molecule has 3 rings (SSSR count). The van der Waals surface area contributed by atoms with E-state index in [0.717, 1.165) is 25.1 Å². The van der Waals surface area contributed by atoms with Gasteiger partial charge in [0.15, 0.2) is 0 Å². The molecule has 2 aliphatic rings. The number of piperidine rings is 2. The van der Waals surface area contributed by atoms with Crippen molar-refractivity contribution < 1.29 is 13.2 Å². The van der Waals surface area contributed by atoms with Crippen LogP contribution in [-0.4, -0.2) is 55.5 Å². The lowest BCUT2D eigenvalue weighted by molar-refractivity contribution is -0.138. The average molecular weight is 379 g/mol. The van der Waals surface area contributed by atoms with Crippen LogP contribution in [0.4, 0.5) is 0 Å². The molecule has 0 radical (unpaired) electrons. The molecule has 0 bridgehead atoms. The van der Waals surface area contributed by atoms with Crippen LogP contribution >= 0.6 is 0 Å². The number of sulfonamides is 1. The molecule has 6 heteroatoms. The van der Waals surface area contributed by atoms with Crippen LogP contribution in [0.5, 0.6) is 0 Å². The fraction of sp³-hybridized carbons (Fsp3) is 0.650. The maximum absolute atomic E-state index is 12.7. The standard InChI is InChI=1S/C20H30N2O3S/c1-17-6-5-12-21(16-17)20(23)19-9-13-22(14-10-19)26(24,25)15-11-18-7-3-2-4-8-18/h2-4,7-8,17,19H,5-6,9-16H2,1H3. The van der Waals surface area contributed by atoms with Gasteiger partial charge >= 0.3 is 0 Å². The van der Waals surface area contributed by atoms with E-state index >= 15 is 0 Å². The summed E-state index contributed by atoms with van der Waals surface area (Å²) in [6, 6.07) is 9.71. The Bertz CT molecular complexity index is 697. The van der Waals surface area contributed by atoms with E-state index < -0.39 is 10.0 Å². The first-order chi connectivity index (χ1) is 12.5. The van der Waals surface area contributed by atoms with Gasteiger partial charge in [0.2, 0.25) is 15.9 Å². The van der Waals surface area contributed by atoms with Gasteiger partial charge in [-0.3, -0.25) is 4.79 Å². The molecule has 5 nitrogen and oxygen atoms in total. The second-order valence-electron chi connectivity index (χ2n) is 7.76. The lowest BCUT2D eigenvalue weighted by Crippen LogP contribution is -2.47. The summed E-state index contributed by atoms with van der Waals surface area (Å²) in [4.78, 5) is 14.7. The topological polar surface area (TPSA) is 57.7 Å². The van der Waals surface area contributed by atoms with Gasteiger partial charge in [0.05, 0.1) is 5.75 Å². The van der Waals surface area contributed by atoms with Crippen molar-refractivity contribution in [2.75, 3.05) is 31.9 Å². The van der Waals surface area contributed by atoms with E-state index in [0.29, 0.717) is 38.3 Å². The number of benzene rings is 1. The highest BCUT2D eigenvalue weighted by Gasteiger charge is 2.33. The quantitative estimate of drug-likeness (QED) is 0.791. The first kappa shape index (κ1) is 19.4. The first-order valence-electron chi connectivity index (χ1n) is 9.76. The highest BCUT2D eigenvalue weighted by atomic mass is 32.2. The molecule has 2 saturated heterocycles. The van der Waals surface area contributed by atoms with Gasteiger partial charge in [-0.2, -0.15) is 0 Å². The Hall–Kier alpha value is -1.40. The van der Waals surface area contributed by atoms with Crippen LogP contribution in [0.25, 0.3) is 0 Å². The van der Waals surface area contributed by atoms with Gasteiger partial charge in [-0.15, -0.1) is 0 Å². The smallest absolute Gasteiger partial charge is 0.225 e. The van der Waals surface area contributed by atoms with Crippen molar-refractivity contribution >= 4 is 15.9 Å². The third kappa shape index (κ3) is 4.86. The zero-order valence-corrected chi connectivity index (χ0v) is 16.5. The third-order valence-electron chi connectivity index (χ3n) is 5.66. The number of likely N-dealkylation sites (tertiary alicyclic amines) is 1. The predicted octanol–water partition coefficient (Wildman–Crippen LogP) is 2.53. The van der Waals surface area contributed by atoms with E-state index in [-0.39, 0.29) is 17.6 Å². The minimum absolute atomic E-state index is 0.0131. The van der Waals surface area contributed by atoms with Gasteiger partial charge in [0.25, 0.3) is 0 Å². The van der Waals surface area contributed by atoms with Crippen molar-refractivity contribution in [1.29, 1.82) is 0 Å². The van der Waals surface area contributed by atoms with Crippen LogP contribution in [-0.2, 0) is 21.2 Å². The molecule has 1 amide bonds. The minimum Gasteiger partial charge on any atom is -0.342 e. The van der Waals surface area contributed by atoms with E-state index in [2.05, 4.69) is 6.92 Å². The number of carbonyl (C=O) groups excluding carboxylic acids is 1. The Morgan fingerprint density at radius 2 is 1.77 bits per heavy atom. The molecular weight excluding hydrogens is 348 g/mol. The van der Waals surface area contributed by atoms with Gasteiger partial charge in [-0.25, -0.2) is 12.7 Å². The monoisotopic (exact) mass is 378 g/mol. The highest BCUT2D eigenvalue weighted by Crippen LogP contribution is 2.25. The minimum atomic E-state index is -3.26. The fourth-order valence-corrected chi connectivity index (χ4v) is 5.57. The van der Waals surface area contributed by atoms with Crippen molar-refractivity contribution in [3.8, 4) is 0 Å². The Labute approximate surface area is 157 Å². The molecule has 1 aromatic rings. The summed E-state index contributed by atoms with van der Waals surface area (Å²) < 4.78 is 26.8. The SMILES string of the molecule is CC1CCCN(C(=O)C2CCN(S(=O)(=O)CCc3ccccc3)CC2)C1. The number of amides is 1. The Morgan fingerprint density at radius 3 is 2.42 bits per heavy atom. The summed E-state index contributed by atoms with van der Waals surface area (Å²) in [7, 11) is -3.26. The van der Waals surface area contributed by atoms with Gasteiger partial charge in [0.1, 0.15) is 0 Å². The maximum Gasteiger partial charge on any atom is 0.225 e. The second-order valence-corrected chi connectivity index (χ2v) is 9.85. The van der Waals surface area contributed by atoms with Crippen LogP contribution in [0.1, 0.15) is 38.2 Å². The molecule has 2 aliphatic heterocycles. The Balaban J connectivity index is 1.50. The number of aryl methyl sites for hydroxylation is 1. The number of rotatable bonds is 5. The third-order valence-corrected chi connectivity index (χ3v) is 7.53. The Kier molecular flexibility index (Phi) is 6.35. The second kappa shape index (κ2) is 8.53. The van der Waals surface area contributed by atoms with Crippen molar-refractivity contribution in [3.63, 3.8) is 0 Å². The van der Waals surface area contributed by atoms with Gasteiger partial charge in [-0.1, -0.05) is 37.3 Å². The Morgan fingerprint density at radius 1 is 1.08 bits per heavy atom.